The second-order valence-corrected chi connectivity index (χ2v) is 9.64. The lowest BCUT2D eigenvalue weighted by Crippen LogP contribution is -2.43. The highest BCUT2D eigenvalue weighted by molar-refractivity contribution is 6.30. The van der Waals surface area contributed by atoms with Crippen molar-refractivity contribution in [1.29, 1.82) is 0 Å². The van der Waals surface area contributed by atoms with Gasteiger partial charge in [-0.15, -0.1) is 0 Å². The van der Waals surface area contributed by atoms with E-state index in [1.165, 1.54) is 45.2 Å². The molecular weight excluding hydrogens is 416 g/mol. The third-order valence-electron chi connectivity index (χ3n) is 7.14. The van der Waals surface area contributed by atoms with Crippen molar-refractivity contribution in [2.45, 2.75) is 32.1 Å². The zero-order valence-corrected chi connectivity index (χ0v) is 19.3. The van der Waals surface area contributed by atoms with Gasteiger partial charge < -0.3 is 4.74 Å². The lowest BCUT2D eigenvalue weighted by atomic mass is 9.75. The Labute approximate surface area is 196 Å². The summed E-state index contributed by atoms with van der Waals surface area (Å²) in [5, 5.41) is 0.745. The number of ether oxygens (including phenoxy) is 1. The van der Waals surface area contributed by atoms with Gasteiger partial charge in [-0.05, 0) is 79.3 Å². The van der Waals surface area contributed by atoms with Crippen LogP contribution in [-0.4, -0.2) is 36.1 Å². The van der Waals surface area contributed by atoms with E-state index in [0.717, 1.165) is 58.1 Å². The first-order valence-electron chi connectivity index (χ1n) is 11.9. The largest absolute Gasteiger partial charge is 0.492 e. The van der Waals surface area contributed by atoms with E-state index in [1.807, 2.05) is 30.5 Å². The first kappa shape index (κ1) is 21.5. The molecule has 1 aliphatic heterocycles. The van der Waals surface area contributed by atoms with Gasteiger partial charge in [0.25, 0.3) is 0 Å². The Balaban J connectivity index is 1.13. The van der Waals surface area contributed by atoms with Crippen LogP contribution in [0.1, 0.15) is 32.1 Å². The van der Waals surface area contributed by atoms with Crippen LogP contribution in [0.4, 0.5) is 0 Å². The molecule has 2 aromatic carbocycles. The van der Waals surface area contributed by atoms with Gasteiger partial charge in [0, 0.05) is 35.4 Å². The van der Waals surface area contributed by atoms with Gasteiger partial charge in [0.2, 0.25) is 0 Å². The highest BCUT2D eigenvalue weighted by atomic mass is 35.5. The molecule has 4 heteroatoms. The van der Waals surface area contributed by atoms with Crippen LogP contribution < -0.4 is 4.74 Å². The van der Waals surface area contributed by atoms with Gasteiger partial charge in [-0.1, -0.05) is 49.1 Å². The number of benzene rings is 2. The Kier molecular flexibility index (Phi) is 6.75. The average molecular weight is 447 g/mol. The molecule has 0 unspecified atom stereocenters. The standard InChI is InChI=1S/C28H31ClN2O/c29-26-10-5-22(6-11-26)24-9-14-28(30-19-24)23-7-12-27(13-8-23)32-18-17-31-16-15-21-3-1-2-4-25(21)20-31/h5-14,19,21,25H,1-4,15-18,20H2/t21-,25-/m0/s1. The predicted molar refractivity (Wildman–Crippen MR) is 132 cm³/mol. The van der Waals surface area contributed by atoms with Gasteiger partial charge in [0.1, 0.15) is 12.4 Å². The third-order valence-corrected chi connectivity index (χ3v) is 7.39. The number of nitrogens with zero attached hydrogens (tertiary/aromatic N) is 2. The minimum absolute atomic E-state index is 0.745. The van der Waals surface area contributed by atoms with Gasteiger partial charge >= 0.3 is 0 Å². The molecule has 1 aromatic heterocycles. The highest BCUT2D eigenvalue weighted by Gasteiger charge is 2.30. The third kappa shape index (κ3) is 5.16. The second-order valence-electron chi connectivity index (χ2n) is 9.21. The molecule has 2 heterocycles. The number of aromatic nitrogens is 1. The number of fused-ring (bicyclic) bond motifs is 1. The molecular formula is C28H31ClN2O. The Morgan fingerprint density at radius 1 is 0.812 bits per heavy atom. The number of likely N-dealkylation sites (tertiary alicyclic amines) is 1. The monoisotopic (exact) mass is 446 g/mol. The number of halogens is 1. The van der Waals surface area contributed by atoms with E-state index in [9.17, 15) is 0 Å². The maximum absolute atomic E-state index is 6.05. The minimum atomic E-state index is 0.745. The van der Waals surface area contributed by atoms with E-state index in [2.05, 4.69) is 46.3 Å². The lowest BCUT2D eigenvalue weighted by Gasteiger charge is -2.41. The van der Waals surface area contributed by atoms with Crippen molar-refractivity contribution in [3.63, 3.8) is 0 Å². The molecule has 166 valence electrons. The molecule has 5 rings (SSSR count). The first-order chi connectivity index (χ1) is 15.7. The number of hydrogen-bond donors (Lipinski definition) is 0. The Hall–Kier alpha value is -2.36. The van der Waals surface area contributed by atoms with Crippen molar-refractivity contribution in [2.75, 3.05) is 26.2 Å². The minimum Gasteiger partial charge on any atom is -0.492 e. The Bertz CT molecular complexity index is 1000. The summed E-state index contributed by atoms with van der Waals surface area (Å²) in [5.74, 6) is 2.84. The molecule has 0 radical (unpaired) electrons. The summed E-state index contributed by atoms with van der Waals surface area (Å²) in [4.78, 5) is 7.26. The predicted octanol–water partition coefficient (Wildman–Crippen LogP) is 6.96. The van der Waals surface area contributed by atoms with E-state index < -0.39 is 0 Å². The van der Waals surface area contributed by atoms with Crippen LogP contribution in [0, 0.1) is 11.8 Å². The van der Waals surface area contributed by atoms with Crippen molar-refractivity contribution in [3.05, 3.63) is 71.9 Å². The Morgan fingerprint density at radius 2 is 1.53 bits per heavy atom. The molecule has 0 N–H and O–H groups in total. The summed E-state index contributed by atoms with van der Waals surface area (Å²) in [6, 6.07) is 20.3. The van der Waals surface area contributed by atoms with Crippen LogP contribution >= 0.6 is 11.6 Å². The number of rotatable bonds is 6. The summed E-state index contributed by atoms with van der Waals surface area (Å²) >= 11 is 5.98. The topological polar surface area (TPSA) is 25.4 Å². The quantitative estimate of drug-likeness (QED) is 0.409. The average Bonchev–Trinajstić information content (AvgIpc) is 2.85. The lowest BCUT2D eigenvalue weighted by molar-refractivity contribution is 0.0766. The molecule has 2 fully saturated rings. The summed E-state index contributed by atoms with van der Waals surface area (Å²) in [6.07, 6.45) is 9.05. The zero-order valence-electron chi connectivity index (χ0n) is 18.6. The van der Waals surface area contributed by atoms with Gasteiger partial charge in [-0.3, -0.25) is 9.88 Å². The molecule has 3 nitrogen and oxygen atoms in total. The fourth-order valence-corrected chi connectivity index (χ4v) is 5.40. The van der Waals surface area contributed by atoms with Crippen LogP contribution in [0.25, 0.3) is 22.4 Å². The van der Waals surface area contributed by atoms with Crippen LogP contribution in [0.3, 0.4) is 0 Å². The summed E-state index contributed by atoms with van der Waals surface area (Å²) in [6.45, 7) is 4.29. The zero-order chi connectivity index (χ0) is 21.8. The van der Waals surface area contributed by atoms with Crippen molar-refractivity contribution < 1.29 is 4.74 Å². The summed E-state index contributed by atoms with van der Waals surface area (Å²) in [7, 11) is 0. The van der Waals surface area contributed by atoms with E-state index in [1.54, 1.807) is 0 Å². The molecule has 1 saturated carbocycles. The van der Waals surface area contributed by atoms with Gasteiger partial charge in [0.05, 0.1) is 5.69 Å². The van der Waals surface area contributed by atoms with E-state index in [4.69, 9.17) is 16.3 Å². The van der Waals surface area contributed by atoms with Gasteiger partial charge in [-0.25, -0.2) is 0 Å². The van der Waals surface area contributed by atoms with E-state index >= 15 is 0 Å². The number of piperidine rings is 1. The fourth-order valence-electron chi connectivity index (χ4n) is 5.27. The Morgan fingerprint density at radius 3 is 2.28 bits per heavy atom. The maximum atomic E-state index is 6.05. The molecule has 1 saturated heterocycles. The number of pyridine rings is 1. The van der Waals surface area contributed by atoms with E-state index in [-0.39, 0.29) is 0 Å². The molecule has 1 aliphatic carbocycles. The van der Waals surface area contributed by atoms with Crippen molar-refractivity contribution in [1.82, 2.24) is 9.88 Å². The van der Waals surface area contributed by atoms with Gasteiger partial charge in [0.15, 0.2) is 0 Å². The van der Waals surface area contributed by atoms with Crippen LogP contribution in [-0.2, 0) is 0 Å². The SMILES string of the molecule is Clc1ccc(-c2ccc(-c3ccc(OCCN4CC[C@@H]5CCCC[C@H]5C4)cc3)nc2)cc1. The molecule has 0 bridgehead atoms. The summed E-state index contributed by atoms with van der Waals surface area (Å²) in [5.41, 5.74) is 4.26. The van der Waals surface area contributed by atoms with Crippen molar-refractivity contribution in [2.24, 2.45) is 11.8 Å². The number of hydrogen-bond acceptors (Lipinski definition) is 3. The molecule has 32 heavy (non-hydrogen) atoms. The smallest absolute Gasteiger partial charge is 0.119 e. The molecule has 3 aromatic rings. The van der Waals surface area contributed by atoms with Crippen LogP contribution in [0.5, 0.6) is 5.75 Å². The van der Waals surface area contributed by atoms with Crippen molar-refractivity contribution >= 4 is 11.6 Å². The molecule has 2 atom stereocenters. The second kappa shape index (κ2) is 10.1. The molecule has 0 amide bonds. The van der Waals surface area contributed by atoms with Crippen LogP contribution in [0.15, 0.2) is 66.9 Å². The normalized spacial score (nSPS) is 21.2. The molecule has 2 aliphatic rings. The van der Waals surface area contributed by atoms with E-state index in [0.29, 0.717) is 0 Å². The first-order valence-corrected chi connectivity index (χ1v) is 12.3. The van der Waals surface area contributed by atoms with Gasteiger partial charge in [-0.2, -0.15) is 0 Å². The van der Waals surface area contributed by atoms with Crippen LogP contribution in [0.2, 0.25) is 5.02 Å². The summed E-state index contributed by atoms with van der Waals surface area (Å²) < 4.78 is 6.05. The fraction of sp³-hybridized carbons (Fsp3) is 0.393. The molecule has 0 spiro atoms. The van der Waals surface area contributed by atoms with Crippen molar-refractivity contribution in [3.8, 4) is 28.1 Å². The maximum Gasteiger partial charge on any atom is 0.119 e. The highest BCUT2D eigenvalue weighted by Crippen LogP contribution is 2.36.